The van der Waals surface area contributed by atoms with Gasteiger partial charge < -0.3 is 14.1 Å². The van der Waals surface area contributed by atoms with E-state index in [4.69, 9.17) is 21.4 Å². The van der Waals surface area contributed by atoms with Gasteiger partial charge in [0.05, 0.1) is 16.8 Å². The summed E-state index contributed by atoms with van der Waals surface area (Å²) in [6.45, 7) is 4.21. The van der Waals surface area contributed by atoms with Crippen LogP contribution in [0, 0.1) is 0 Å². The number of hydrogen-bond donors (Lipinski definition) is 1. The predicted molar refractivity (Wildman–Crippen MR) is 122 cm³/mol. The molecular formula is C21H20BrN3O4S. The molecule has 0 aliphatic carbocycles. The summed E-state index contributed by atoms with van der Waals surface area (Å²) in [4.78, 5) is 29.1. The van der Waals surface area contributed by atoms with E-state index in [-0.39, 0.29) is 10.7 Å². The number of nitrogens with zero attached hydrogens (tertiary/aromatic N) is 2. The number of anilines is 2. The molecule has 0 saturated carbocycles. The molecule has 1 aromatic heterocycles. The molecule has 30 heavy (non-hydrogen) atoms. The van der Waals surface area contributed by atoms with E-state index in [1.54, 1.807) is 30.3 Å². The van der Waals surface area contributed by atoms with E-state index in [1.165, 1.54) is 11.0 Å². The quantitative estimate of drug-likeness (QED) is 0.390. The molecule has 1 N–H and O–H groups in total. The maximum absolute atomic E-state index is 13.2. The first-order valence-electron chi connectivity index (χ1n) is 9.66. The molecule has 0 radical (unpaired) electrons. The lowest BCUT2D eigenvalue weighted by Crippen LogP contribution is -2.54. The van der Waals surface area contributed by atoms with Gasteiger partial charge in [-0.25, -0.2) is 0 Å². The van der Waals surface area contributed by atoms with Crippen LogP contribution in [-0.4, -0.2) is 36.6 Å². The van der Waals surface area contributed by atoms with E-state index in [2.05, 4.69) is 26.1 Å². The van der Waals surface area contributed by atoms with Crippen LogP contribution in [0.15, 0.2) is 44.8 Å². The van der Waals surface area contributed by atoms with E-state index in [1.807, 2.05) is 6.92 Å². The van der Waals surface area contributed by atoms with Gasteiger partial charge in [-0.1, -0.05) is 6.07 Å². The Morgan fingerprint density at radius 1 is 1.27 bits per heavy atom. The zero-order valence-corrected chi connectivity index (χ0v) is 18.7. The minimum absolute atomic E-state index is 0.0224. The number of hydrogen-bond acceptors (Lipinski definition) is 6. The Hall–Kier alpha value is -2.65. The monoisotopic (exact) mass is 489 g/mol. The first kappa shape index (κ1) is 20.6. The number of nitrogens with one attached hydrogen (secondary N) is 1. The molecule has 3 heterocycles. The molecule has 2 fully saturated rings. The minimum Gasteiger partial charge on any atom is -0.494 e. The maximum atomic E-state index is 13.2. The molecule has 0 atom stereocenters. The van der Waals surface area contributed by atoms with Crippen molar-refractivity contribution in [3.05, 3.63) is 46.1 Å². The van der Waals surface area contributed by atoms with Gasteiger partial charge in [-0.05, 0) is 66.1 Å². The van der Waals surface area contributed by atoms with Crippen molar-refractivity contribution >= 4 is 62.7 Å². The number of carbonyl (C=O) groups excluding carboxylic acids is 2. The molecule has 156 valence electrons. The van der Waals surface area contributed by atoms with Crippen molar-refractivity contribution in [1.82, 2.24) is 5.32 Å². The summed E-state index contributed by atoms with van der Waals surface area (Å²) in [7, 11) is 0. The predicted octanol–water partition coefficient (Wildman–Crippen LogP) is 3.87. The number of thiocarbonyl (C=S) groups is 1. The largest absolute Gasteiger partial charge is 0.494 e. The van der Waals surface area contributed by atoms with Crippen molar-refractivity contribution in [2.45, 2.75) is 19.8 Å². The maximum Gasteiger partial charge on any atom is 0.270 e. The van der Waals surface area contributed by atoms with Gasteiger partial charge in [0.2, 0.25) is 5.88 Å². The van der Waals surface area contributed by atoms with Crippen molar-refractivity contribution < 1.29 is 18.7 Å². The van der Waals surface area contributed by atoms with Crippen LogP contribution in [0.25, 0.3) is 6.08 Å². The Labute approximate surface area is 187 Å². The summed E-state index contributed by atoms with van der Waals surface area (Å²) in [5, 5.41) is 2.60. The lowest BCUT2D eigenvalue weighted by Gasteiger charge is -2.29. The molecule has 2 aliphatic heterocycles. The van der Waals surface area contributed by atoms with Crippen molar-refractivity contribution in [3.63, 3.8) is 0 Å². The molecule has 2 aliphatic rings. The second kappa shape index (κ2) is 8.61. The van der Waals surface area contributed by atoms with Crippen molar-refractivity contribution in [3.8, 4) is 5.75 Å². The van der Waals surface area contributed by atoms with Gasteiger partial charge in [0.25, 0.3) is 11.8 Å². The molecule has 0 spiro atoms. The topological polar surface area (TPSA) is 75.0 Å². The van der Waals surface area contributed by atoms with Gasteiger partial charge >= 0.3 is 0 Å². The van der Waals surface area contributed by atoms with Crippen LogP contribution >= 0.6 is 28.1 Å². The van der Waals surface area contributed by atoms with Crippen LogP contribution in [0.1, 0.15) is 25.5 Å². The number of amides is 2. The minimum atomic E-state index is -0.558. The van der Waals surface area contributed by atoms with E-state index < -0.39 is 11.8 Å². The third kappa shape index (κ3) is 3.99. The molecule has 9 heteroatoms. The molecule has 7 nitrogen and oxygen atoms in total. The lowest BCUT2D eigenvalue weighted by molar-refractivity contribution is -0.122. The summed E-state index contributed by atoms with van der Waals surface area (Å²) in [6, 6.07) is 8.75. The molecular weight excluding hydrogens is 470 g/mol. The molecule has 0 unspecified atom stereocenters. The van der Waals surface area contributed by atoms with Gasteiger partial charge in [-0.3, -0.25) is 19.8 Å². The van der Waals surface area contributed by atoms with Crippen molar-refractivity contribution in [2.75, 3.05) is 29.5 Å². The Morgan fingerprint density at radius 2 is 2.03 bits per heavy atom. The van der Waals surface area contributed by atoms with Gasteiger partial charge in [0.15, 0.2) is 5.11 Å². The third-order valence-corrected chi connectivity index (χ3v) is 5.71. The zero-order chi connectivity index (χ0) is 21.3. The van der Waals surface area contributed by atoms with Crippen molar-refractivity contribution in [1.29, 1.82) is 0 Å². The first-order chi connectivity index (χ1) is 14.5. The second-order valence-corrected chi connectivity index (χ2v) is 8.13. The van der Waals surface area contributed by atoms with Crippen molar-refractivity contribution in [2.24, 2.45) is 0 Å². The highest BCUT2D eigenvalue weighted by Gasteiger charge is 2.35. The van der Waals surface area contributed by atoms with Gasteiger partial charge in [0.1, 0.15) is 17.1 Å². The number of furan rings is 1. The number of rotatable bonds is 5. The number of ether oxygens (including phenoxy) is 1. The fraction of sp³-hybridized carbons (Fsp3) is 0.286. The van der Waals surface area contributed by atoms with Gasteiger partial charge in [-0.15, -0.1) is 0 Å². The Bertz CT molecular complexity index is 1040. The SMILES string of the molecule is CCOc1cccc(N2C(=O)/C(=C/c3cc(Br)c(N4CCCC4)o3)C(=O)NC2=S)c1. The van der Waals surface area contributed by atoms with E-state index in [0.29, 0.717) is 29.7 Å². The normalized spacial score (nSPS) is 18.3. The molecule has 0 bridgehead atoms. The summed E-state index contributed by atoms with van der Waals surface area (Å²) < 4.78 is 12.2. The first-order valence-corrected chi connectivity index (χ1v) is 10.9. The smallest absolute Gasteiger partial charge is 0.270 e. The van der Waals surface area contributed by atoms with E-state index in [9.17, 15) is 9.59 Å². The Balaban J connectivity index is 1.66. The fourth-order valence-corrected chi connectivity index (χ4v) is 4.34. The zero-order valence-electron chi connectivity index (χ0n) is 16.3. The van der Waals surface area contributed by atoms with Crippen LogP contribution in [0.5, 0.6) is 5.75 Å². The number of halogens is 1. The molecule has 1 aromatic carbocycles. The fourth-order valence-electron chi connectivity index (χ4n) is 3.50. The van der Waals surface area contributed by atoms with Gasteiger partial charge in [0, 0.05) is 25.2 Å². The summed E-state index contributed by atoms with van der Waals surface area (Å²) >= 11 is 8.76. The molecule has 2 saturated heterocycles. The molecule has 4 rings (SSSR count). The summed E-state index contributed by atoms with van der Waals surface area (Å²) in [6.07, 6.45) is 3.67. The summed E-state index contributed by atoms with van der Waals surface area (Å²) in [5.41, 5.74) is 0.458. The van der Waals surface area contributed by atoms with E-state index >= 15 is 0 Å². The van der Waals surface area contributed by atoms with Crippen LogP contribution in [-0.2, 0) is 9.59 Å². The lowest BCUT2D eigenvalue weighted by atomic mass is 10.1. The van der Waals surface area contributed by atoms with Crippen LogP contribution in [0.3, 0.4) is 0 Å². The highest BCUT2D eigenvalue weighted by Crippen LogP contribution is 2.34. The highest BCUT2D eigenvalue weighted by atomic mass is 79.9. The molecule has 2 amide bonds. The standard InChI is InChI=1S/C21H20BrN3O4S/c1-2-28-14-7-5-6-13(10-14)25-19(27)16(18(26)23-21(25)30)11-15-12-17(22)20(29-15)24-8-3-4-9-24/h5-7,10-12H,2-4,8-9H2,1H3,(H,23,26,30)/b16-11+. The second-order valence-electron chi connectivity index (χ2n) is 6.88. The van der Waals surface area contributed by atoms with Gasteiger partial charge in [-0.2, -0.15) is 0 Å². The number of benzene rings is 1. The Morgan fingerprint density at radius 3 is 2.77 bits per heavy atom. The molecule has 2 aromatic rings. The Kier molecular flexibility index (Phi) is 5.92. The van der Waals surface area contributed by atoms with Crippen LogP contribution in [0.4, 0.5) is 11.6 Å². The van der Waals surface area contributed by atoms with E-state index in [0.717, 1.165) is 30.4 Å². The van der Waals surface area contributed by atoms with Crippen LogP contribution in [0.2, 0.25) is 0 Å². The summed E-state index contributed by atoms with van der Waals surface area (Å²) in [5.74, 6) is 0.654. The average Bonchev–Trinajstić information content (AvgIpc) is 3.35. The number of carbonyl (C=O) groups is 2. The highest BCUT2D eigenvalue weighted by molar-refractivity contribution is 9.10. The van der Waals surface area contributed by atoms with Crippen LogP contribution < -0.4 is 19.9 Å². The average molecular weight is 490 g/mol. The third-order valence-electron chi connectivity index (χ3n) is 4.86.